The van der Waals surface area contributed by atoms with E-state index in [4.69, 9.17) is 4.74 Å². The van der Waals surface area contributed by atoms with Gasteiger partial charge in [-0.15, -0.1) is 5.10 Å². The Balaban J connectivity index is 2.36. The first-order chi connectivity index (χ1) is 7.86. The molecule has 0 fully saturated rings. The quantitative estimate of drug-likeness (QED) is 0.784. The van der Waals surface area contributed by atoms with Crippen LogP contribution in [0.15, 0.2) is 6.33 Å². The minimum atomic E-state index is 0.582. The van der Waals surface area contributed by atoms with Crippen LogP contribution in [0.2, 0.25) is 0 Å². The van der Waals surface area contributed by atoms with Gasteiger partial charge in [-0.3, -0.25) is 0 Å². The van der Waals surface area contributed by atoms with Crippen LogP contribution in [-0.2, 0) is 11.3 Å². The number of ether oxygens (including phenoxy) is 1. The summed E-state index contributed by atoms with van der Waals surface area (Å²) in [7, 11) is 1.65. The van der Waals surface area contributed by atoms with E-state index in [0.717, 1.165) is 18.0 Å². The van der Waals surface area contributed by atoms with Crippen molar-refractivity contribution in [2.45, 2.75) is 13.5 Å². The summed E-state index contributed by atoms with van der Waals surface area (Å²) in [6.07, 6.45) is 1.51. The second kappa shape index (κ2) is 4.84. The molecule has 0 radical (unpaired) electrons. The van der Waals surface area contributed by atoms with Crippen LogP contribution < -0.4 is 5.32 Å². The number of nitrogens with one attached hydrogen (secondary N) is 1. The van der Waals surface area contributed by atoms with Gasteiger partial charge < -0.3 is 10.1 Å². The minimum Gasteiger partial charge on any atom is -0.383 e. The average Bonchev–Trinajstić information content (AvgIpc) is 2.71. The number of rotatable bonds is 5. The van der Waals surface area contributed by atoms with Crippen molar-refractivity contribution in [2.75, 3.05) is 25.6 Å². The molecule has 0 saturated carbocycles. The van der Waals surface area contributed by atoms with Crippen molar-refractivity contribution >= 4 is 17.0 Å². The normalized spacial score (nSPS) is 10.9. The third-order valence-electron chi connectivity index (χ3n) is 2.15. The highest BCUT2D eigenvalue weighted by molar-refractivity contribution is 5.81. The standard InChI is InChI=1S/C9H14N6O/c1-3-10-8-7-9(12-6-11-8)15(14-13-7)4-5-16-2/h6H,3-5H2,1-2H3,(H,10,11,12). The largest absolute Gasteiger partial charge is 0.383 e. The number of anilines is 1. The molecule has 7 nitrogen and oxygen atoms in total. The third kappa shape index (κ3) is 1.94. The topological polar surface area (TPSA) is 77.8 Å². The molecule has 0 amide bonds. The van der Waals surface area contributed by atoms with Crippen molar-refractivity contribution in [3.63, 3.8) is 0 Å². The molecule has 0 saturated heterocycles. The van der Waals surface area contributed by atoms with Crippen LogP contribution >= 0.6 is 0 Å². The number of methoxy groups -OCH3 is 1. The van der Waals surface area contributed by atoms with Crippen molar-refractivity contribution in [3.8, 4) is 0 Å². The van der Waals surface area contributed by atoms with Gasteiger partial charge >= 0.3 is 0 Å². The lowest BCUT2D eigenvalue weighted by Gasteiger charge is -2.02. The van der Waals surface area contributed by atoms with E-state index in [2.05, 4.69) is 25.6 Å². The predicted octanol–water partition coefficient (Wildman–Crippen LogP) is 0.299. The van der Waals surface area contributed by atoms with Crippen LogP contribution in [0.4, 0.5) is 5.82 Å². The average molecular weight is 222 g/mol. The molecule has 0 aliphatic heterocycles. The Bertz CT molecular complexity index is 468. The predicted molar refractivity (Wildman–Crippen MR) is 59.2 cm³/mol. The second-order valence-electron chi connectivity index (χ2n) is 3.23. The molecule has 0 aromatic carbocycles. The van der Waals surface area contributed by atoms with E-state index in [1.165, 1.54) is 6.33 Å². The summed E-state index contributed by atoms with van der Waals surface area (Å²) in [5.41, 5.74) is 1.42. The summed E-state index contributed by atoms with van der Waals surface area (Å²) >= 11 is 0. The van der Waals surface area contributed by atoms with Gasteiger partial charge in [0.2, 0.25) is 0 Å². The molecule has 1 N–H and O–H groups in total. The SMILES string of the molecule is CCNc1ncnc2c1nnn2CCOC. The molecule has 0 aliphatic carbocycles. The molecule has 0 spiro atoms. The van der Waals surface area contributed by atoms with E-state index in [-0.39, 0.29) is 0 Å². The monoisotopic (exact) mass is 222 g/mol. The molecule has 2 aromatic heterocycles. The van der Waals surface area contributed by atoms with E-state index in [9.17, 15) is 0 Å². The number of aromatic nitrogens is 5. The Morgan fingerprint density at radius 3 is 3.06 bits per heavy atom. The first-order valence-electron chi connectivity index (χ1n) is 5.13. The van der Waals surface area contributed by atoms with Gasteiger partial charge in [-0.25, -0.2) is 14.6 Å². The highest BCUT2D eigenvalue weighted by atomic mass is 16.5. The van der Waals surface area contributed by atoms with E-state index >= 15 is 0 Å². The van der Waals surface area contributed by atoms with Gasteiger partial charge in [0.1, 0.15) is 6.33 Å². The lowest BCUT2D eigenvalue weighted by molar-refractivity contribution is 0.184. The molecule has 0 unspecified atom stereocenters. The molecular formula is C9H14N6O. The molecule has 16 heavy (non-hydrogen) atoms. The van der Waals surface area contributed by atoms with Crippen LogP contribution in [0.25, 0.3) is 11.2 Å². The lowest BCUT2D eigenvalue weighted by atomic mass is 10.4. The molecule has 7 heteroatoms. The zero-order valence-corrected chi connectivity index (χ0v) is 9.34. The molecule has 2 aromatic rings. The second-order valence-corrected chi connectivity index (χ2v) is 3.23. The fourth-order valence-corrected chi connectivity index (χ4v) is 1.42. The van der Waals surface area contributed by atoms with Crippen LogP contribution in [0.5, 0.6) is 0 Å². The minimum absolute atomic E-state index is 0.582. The number of nitrogens with zero attached hydrogens (tertiary/aromatic N) is 5. The summed E-state index contributed by atoms with van der Waals surface area (Å²) in [5, 5.41) is 11.2. The molecule has 2 rings (SSSR count). The highest BCUT2D eigenvalue weighted by Gasteiger charge is 2.10. The van der Waals surface area contributed by atoms with Crippen molar-refractivity contribution in [1.82, 2.24) is 25.0 Å². The van der Waals surface area contributed by atoms with Crippen molar-refractivity contribution < 1.29 is 4.74 Å². The number of hydrogen-bond acceptors (Lipinski definition) is 6. The Morgan fingerprint density at radius 1 is 1.44 bits per heavy atom. The molecule has 86 valence electrons. The van der Waals surface area contributed by atoms with Crippen molar-refractivity contribution in [2.24, 2.45) is 0 Å². The molecule has 0 atom stereocenters. The fourth-order valence-electron chi connectivity index (χ4n) is 1.42. The molecular weight excluding hydrogens is 208 g/mol. The zero-order valence-electron chi connectivity index (χ0n) is 9.34. The number of fused-ring (bicyclic) bond motifs is 1. The molecule has 0 bridgehead atoms. The summed E-state index contributed by atoms with van der Waals surface area (Å²) < 4.78 is 6.70. The smallest absolute Gasteiger partial charge is 0.183 e. The van der Waals surface area contributed by atoms with Gasteiger partial charge in [0.25, 0.3) is 0 Å². The molecule has 0 aliphatic rings. The van der Waals surface area contributed by atoms with Crippen molar-refractivity contribution in [1.29, 1.82) is 0 Å². The zero-order chi connectivity index (χ0) is 11.4. The van der Waals surface area contributed by atoms with E-state index in [0.29, 0.717) is 18.7 Å². The Morgan fingerprint density at radius 2 is 2.31 bits per heavy atom. The van der Waals surface area contributed by atoms with Gasteiger partial charge in [-0.05, 0) is 6.92 Å². The summed E-state index contributed by atoms with van der Waals surface area (Å²) in [5.74, 6) is 0.719. The van der Waals surface area contributed by atoms with Crippen LogP contribution in [0, 0.1) is 0 Å². The van der Waals surface area contributed by atoms with Crippen molar-refractivity contribution in [3.05, 3.63) is 6.33 Å². The van der Waals surface area contributed by atoms with Crippen LogP contribution in [0.3, 0.4) is 0 Å². The van der Waals surface area contributed by atoms with E-state index in [1.807, 2.05) is 6.92 Å². The number of hydrogen-bond donors (Lipinski definition) is 1. The van der Waals surface area contributed by atoms with E-state index < -0.39 is 0 Å². The first kappa shape index (κ1) is 10.7. The van der Waals surface area contributed by atoms with Gasteiger partial charge in [-0.2, -0.15) is 0 Å². The summed E-state index contributed by atoms with van der Waals surface area (Å²) in [6.45, 7) is 4.01. The Labute approximate surface area is 92.8 Å². The summed E-state index contributed by atoms with van der Waals surface area (Å²) in [6, 6.07) is 0. The van der Waals surface area contributed by atoms with Gasteiger partial charge in [0.05, 0.1) is 13.2 Å². The van der Waals surface area contributed by atoms with Gasteiger partial charge in [0.15, 0.2) is 17.0 Å². The van der Waals surface area contributed by atoms with E-state index in [1.54, 1.807) is 11.8 Å². The highest BCUT2D eigenvalue weighted by Crippen LogP contribution is 2.15. The van der Waals surface area contributed by atoms with Crippen LogP contribution in [0.1, 0.15) is 6.92 Å². The van der Waals surface area contributed by atoms with Gasteiger partial charge in [0, 0.05) is 13.7 Å². The third-order valence-corrected chi connectivity index (χ3v) is 2.15. The Hall–Kier alpha value is -1.76. The maximum atomic E-state index is 4.99. The summed E-state index contributed by atoms with van der Waals surface area (Å²) in [4.78, 5) is 8.29. The Kier molecular flexibility index (Phi) is 3.25. The van der Waals surface area contributed by atoms with Gasteiger partial charge in [-0.1, -0.05) is 5.21 Å². The maximum Gasteiger partial charge on any atom is 0.183 e. The van der Waals surface area contributed by atoms with Crippen LogP contribution in [-0.4, -0.2) is 45.2 Å². The lowest BCUT2D eigenvalue weighted by Crippen LogP contribution is -2.07. The first-order valence-corrected chi connectivity index (χ1v) is 5.13. The fraction of sp³-hybridized carbons (Fsp3) is 0.556. The maximum absolute atomic E-state index is 4.99. The molecule has 2 heterocycles.